The van der Waals surface area contributed by atoms with Gasteiger partial charge in [0, 0.05) is 12.5 Å². The van der Waals surface area contributed by atoms with Crippen LogP contribution in [0.3, 0.4) is 0 Å². The van der Waals surface area contributed by atoms with Crippen molar-refractivity contribution in [3.05, 3.63) is 65.9 Å². The second-order valence-corrected chi connectivity index (χ2v) is 14.1. The number of hydrogen-bond acceptors (Lipinski definition) is 3. The Hall–Kier alpha value is -2.33. The summed E-state index contributed by atoms with van der Waals surface area (Å²) in [7, 11) is -1.57. The van der Waals surface area contributed by atoms with E-state index < -0.39 is 8.07 Å². The van der Waals surface area contributed by atoms with Gasteiger partial charge in [0.05, 0.1) is 11.6 Å². The summed E-state index contributed by atoms with van der Waals surface area (Å²) >= 11 is 0. The highest BCUT2D eigenvalue weighted by Gasteiger charge is 2.33. The molecule has 3 rings (SSSR count). The van der Waals surface area contributed by atoms with E-state index in [-0.39, 0.29) is 12.1 Å². The fourth-order valence-electron chi connectivity index (χ4n) is 4.90. The molecule has 32 heavy (non-hydrogen) atoms. The summed E-state index contributed by atoms with van der Waals surface area (Å²) in [6.45, 7) is 8.33. The first-order valence-electron chi connectivity index (χ1n) is 12.3. The monoisotopic (exact) mass is 450 g/mol. The van der Waals surface area contributed by atoms with Crippen LogP contribution < -0.4 is 5.38 Å². The summed E-state index contributed by atoms with van der Waals surface area (Å²) in [6, 6.07) is 20.9. The molecule has 0 aliphatic carbocycles. The van der Waals surface area contributed by atoms with Gasteiger partial charge < -0.3 is 9.15 Å². The molecule has 0 bridgehead atoms. The van der Waals surface area contributed by atoms with E-state index in [0.29, 0.717) is 0 Å². The van der Waals surface area contributed by atoms with Crippen LogP contribution in [0.4, 0.5) is 0 Å². The van der Waals surface area contributed by atoms with Crippen molar-refractivity contribution in [1.82, 2.24) is 0 Å². The van der Waals surface area contributed by atoms with Crippen LogP contribution in [0, 0.1) is 0 Å². The molecule has 0 aliphatic heterocycles. The molecular weight excluding hydrogens is 412 g/mol. The van der Waals surface area contributed by atoms with Gasteiger partial charge in [-0.1, -0.05) is 87.8 Å². The average molecular weight is 451 g/mol. The van der Waals surface area contributed by atoms with Gasteiger partial charge in [-0.2, -0.15) is 0 Å². The number of carbonyl (C=O) groups excluding carboxylic acids is 1. The van der Waals surface area contributed by atoms with Crippen LogP contribution in [0.25, 0.3) is 10.8 Å². The van der Waals surface area contributed by atoms with Gasteiger partial charge in [0.2, 0.25) is 0 Å². The first-order chi connectivity index (χ1) is 15.5. The van der Waals surface area contributed by atoms with Gasteiger partial charge in [-0.05, 0) is 48.1 Å². The molecule has 0 saturated carbocycles. The normalized spacial score (nSPS) is 12.8. The summed E-state index contributed by atoms with van der Waals surface area (Å²) < 4.78 is 11.8. The minimum Gasteiger partial charge on any atom is -0.474 e. The number of rotatable bonds is 12. The molecule has 1 unspecified atom stereocenters. The molecule has 4 heteroatoms. The molecule has 172 valence electrons. The summed E-state index contributed by atoms with van der Waals surface area (Å²) in [5, 5.41) is 3.82. The van der Waals surface area contributed by atoms with Gasteiger partial charge in [-0.3, -0.25) is 4.79 Å². The van der Waals surface area contributed by atoms with Crippen LogP contribution in [0.5, 0.6) is 0 Å². The predicted octanol–water partition coefficient (Wildman–Crippen LogP) is 7.56. The van der Waals surface area contributed by atoms with Gasteiger partial charge >= 0.3 is 5.97 Å². The number of unbranched alkanes of at least 4 members (excludes halogenated alkanes) is 2. The van der Waals surface area contributed by atoms with Gasteiger partial charge in [0.1, 0.15) is 14.2 Å². The van der Waals surface area contributed by atoms with E-state index in [1.807, 2.05) is 6.26 Å². The minimum atomic E-state index is -1.57. The Labute approximate surface area is 194 Å². The maximum Gasteiger partial charge on any atom is 0.303 e. The summed E-state index contributed by atoms with van der Waals surface area (Å²) in [5.41, 5.74) is 2.44. The molecule has 1 atom stereocenters. The fraction of sp³-hybridized carbons (Fsp3) is 0.464. The van der Waals surface area contributed by atoms with Crippen LogP contribution in [0.2, 0.25) is 18.1 Å². The molecular formula is C28H38O3Si. The largest absolute Gasteiger partial charge is 0.474 e. The maximum absolute atomic E-state index is 11.8. The highest BCUT2D eigenvalue weighted by atomic mass is 28.3. The van der Waals surface area contributed by atoms with Crippen molar-refractivity contribution in [2.24, 2.45) is 0 Å². The van der Waals surface area contributed by atoms with E-state index in [1.165, 1.54) is 41.4 Å². The Morgan fingerprint density at radius 3 is 2.41 bits per heavy atom. The van der Waals surface area contributed by atoms with Gasteiger partial charge in [-0.15, -0.1) is 0 Å². The molecule has 0 amide bonds. The van der Waals surface area contributed by atoms with Gasteiger partial charge in [0.25, 0.3) is 0 Å². The standard InChI is InChI=1S/C28H38O3Si/c1-5-32(6-2,7-3)28-20-25(21-30-28)27(31-22(4)29)19-10-8-9-14-23-16-13-17-24-15-11-12-18-26(23)24/h11-13,15-18,20-21,27H,5-10,14,19H2,1-4H3. The lowest BCUT2D eigenvalue weighted by Crippen LogP contribution is -2.44. The number of carbonyl (C=O) groups is 1. The van der Waals surface area contributed by atoms with Crippen molar-refractivity contribution in [2.75, 3.05) is 0 Å². The third-order valence-electron chi connectivity index (χ3n) is 7.15. The highest BCUT2D eigenvalue weighted by Crippen LogP contribution is 2.28. The van der Waals surface area contributed by atoms with Gasteiger partial charge in [-0.25, -0.2) is 0 Å². The molecule has 0 fully saturated rings. The number of hydrogen-bond donors (Lipinski definition) is 0. The van der Waals surface area contributed by atoms with Crippen LogP contribution in [0.15, 0.2) is 59.2 Å². The number of ether oxygens (including phenoxy) is 1. The van der Waals surface area contributed by atoms with E-state index in [4.69, 9.17) is 9.15 Å². The number of furan rings is 1. The summed E-state index contributed by atoms with van der Waals surface area (Å²) in [6.07, 6.45) is 6.82. The van der Waals surface area contributed by atoms with E-state index in [9.17, 15) is 4.79 Å². The van der Waals surface area contributed by atoms with Crippen molar-refractivity contribution in [1.29, 1.82) is 0 Å². The fourth-order valence-corrected chi connectivity index (χ4v) is 8.22. The number of aryl methyl sites for hydroxylation is 1. The van der Waals surface area contributed by atoms with Gasteiger partial charge in [0.15, 0.2) is 0 Å². The Morgan fingerprint density at radius 2 is 1.69 bits per heavy atom. The Morgan fingerprint density at radius 1 is 0.969 bits per heavy atom. The lowest BCUT2D eigenvalue weighted by molar-refractivity contribution is -0.147. The summed E-state index contributed by atoms with van der Waals surface area (Å²) in [5.74, 6) is -0.224. The topological polar surface area (TPSA) is 39.4 Å². The molecule has 0 radical (unpaired) electrons. The highest BCUT2D eigenvalue weighted by molar-refractivity contribution is 6.90. The summed E-state index contributed by atoms with van der Waals surface area (Å²) in [4.78, 5) is 11.8. The number of benzene rings is 2. The number of fused-ring (bicyclic) bond motifs is 1. The molecule has 1 heterocycles. The van der Waals surface area contributed by atoms with E-state index in [0.717, 1.165) is 43.1 Å². The smallest absolute Gasteiger partial charge is 0.303 e. The predicted molar refractivity (Wildman–Crippen MR) is 136 cm³/mol. The van der Waals surface area contributed by atoms with Crippen LogP contribution in [-0.2, 0) is 16.0 Å². The van der Waals surface area contributed by atoms with Crippen molar-refractivity contribution in [3.63, 3.8) is 0 Å². The van der Waals surface area contributed by atoms with Crippen molar-refractivity contribution < 1.29 is 13.9 Å². The molecule has 3 nitrogen and oxygen atoms in total. The molecule has 2 aromatic carbocycles. The lowest BCUT2D eigenvalue weighted by Gasteiger charge is -2.24. The number of esters is 1. The van der Waals surface area contributed by atoms with Crippen LogP contribution >= 0.6 is 0 Å². The van der Waals surface area contributed by atoms with Crippen LogP contribution in [-0.4, -0.2) is 14.0 Å². The molecule has 3 aromatic rings. The SMILES string of the molecule is CC[Si](CC)(CC)c1cc(C(CCCCCc2cccc3ccccc23)OC(C)=O)co1. The minimum absolute atomic E-state index is 0.208. The third kappa shape index (κ3) is 5.72. The Balaban J connectivity index is 1.59. The quantitative estimate of drug-likeness (QED) is 0.162. The zero-order chi connectivity index (χ0) is 23.0. The average Bonchev–Trinajstić information content (AvgIpc) is 3.30. The third-order valence-corrected chi connectivity index (χ3v) is 12.5. The Kier molecular flexibility index (Phi) is 8.74. The molecule has 0 N–H and O–H groups in total. The molecule has 0 saturated heterocycles. The van der Waals surface area contributed by atoms with Crippen molar-refractivity contribution >= 4 is 30.2 Å². The second kappa shape index (κ2) is 11.5. The van der Waals surface area contributed by atoms with E-state index >= 15 is 0 Å². The zero-order valence-electron chi connectivity index (χ0n) is 20.2. The molecule has 1 aromatic heterocycles. The Bertz CT molecular complexity index is 989. The maximum atomic E-state index is 11.8. The zero-order valence-corrected chi connectivity index (χ0v) is 21.2. The van der Waals surface area contributed by atoms with Crippen molar-refractivity contribution in [3.8, 4) is 0 Å². The first kappa shape index (κ1) is 24.3. The second-order valence-electron chi connectivity index (χ2n) is 8.92. The van der Waals surface area contributed by atoms with Crippen molar-refractivity contribution in [2.45, 2.75) is 84.0 Å². The van der Waals surface area contributed by atoms with E-state index in [1.54, 1.807) is 0 Å². The lowest BCUT2D eigenvalue weighted by atomic mass is 9.98. The molecule has 0 aliphatic rings. The van der Waals surface area contributed by atoms with E-state index in [2.05, 4.69) is 69.3 Å². The first-order valence-corrected chi connectivity index (χ1v) is 14.9. The van der Waals surface area contributed by atoms with Crippen LogP contribution in [0.1, 0.15) is 70.6 Å². The molecule has 0 spiro atoms.